The van der Waals surface area contributed by atoms with E-state index in [0.717, 1.165) is 12.1 Å². The lowest BCUT2D eigenvalue weighted by Gasteiger charge is -2.20. The molecule has 3 rings (SSSR count). The Morgan fingerprint density at radius 2 is 2.06 bits per heavy atom. The van der Waals surface area contributed by atoms with E-state index in [1.165, 1.54) is 5.56 Å². The average molecular weight is 265 g/mol. The van der Waals surface area contributed by atoms with Crippen molar-refractivity contribution in [3.63, 3.8) is 0 Å². The molecule has 2 heterocycles. The Morgan fingerprint density at radius 1 is 1.28 bits per heavy atom. The largest absolute Gasteiger partial charge is 0.312 e. The van der Waals surface area contributed by atoms with E-state index in [9.17, 15) is 13.2 Å². The zero-order valence-corrected chi connectivity index (χ0v) is 10.8. The van der Waals surface area contributed by atoms with Crippen LogP contribution in [0.4, 0.5) is 5.69 Å². The number of hydrogen-bond donors (Lipinski definition) is 0. The first-order valence-electron chi connectivity index (χ1n) is 6.16. The first-order chi connectivity index (χ1) is 8.57. The average Bonchev–Trinajstić information content (AvgIpc) is 2.91. The summed E-state index contributed by atoms with van der Waals surface area (Å²) in [7, 11) is -2.99. The summed E-state index contributed by atoms with van der Waals surface area (Å²) >= 11 is 0. The second-order valence-corrected chi connectivity index (χ2v) is 7.20. The lowest BCUT2D eigenvalue weighted by Crippen LogP contribution is -2.35. The van der Waals surface area contributed by atoms with Crippen molar-refractivity contribution < 1.29 is 13.2 Å². The minimum atomic E-state index is -2.99. The summed E-state index contributed by atoms with van der Waals surface area (Å²) in [6, 6.07) is 7.83. The molecule has 96 valence electrons. The topological polar surface area (TPSA) is 54.5 Å². The number of hydrogen-bond acceptors (Lipinski definition) is 3. The summed E-state index contributed by atoms with van der Waals surface area (Å²) < 4.78 is 22.9. The first kappa shape index (κ1) is 11.7. The van der Waals surface area contributed by atoms with Crippen LogP contribution in [0.25, 0.3) is 0 Å². The second-order valence-electron chi connectivity index (χ2n) is 4.97. The third-order valence-corrected chi connectivity index (χ3v) is 5.50. The number of anilines is 1. The highest BCUT2D eigenvalue weighted by atomic mass is 32.2. The van der Waals surface area contributed by atoms with Crippen LogP contribution in [0.1, 0.15) is 12.0 Å². The molecule has 18 heavy (non-hydrogen) atoms. The van der Waals surface area contributed by atoms with Gasteiger partial charge in [0.25, 0.3) is 0 Å². The number of para-hydroxylation sites is 1. The van der Waals surface area contributed by atoms with Gasteiger partial charge in [-0.1, -0.05) is 18.2 Å². The van der Waals surface area contributed by atoms with Crippen LogP contribution in [0.5, 0.6) is 0 Å². The second kappa shape index (κ2) is 4.09. The number of rotatable bonds is 1. The van der Waals surface area contributed by atoms with Crippen LogP contribution in [0.2, 0.25) is 0 Å². The monoisotopic (exact) mass is 265 g/mol. The lowest BCUT2D eigenvalue weighted by atomic mass is 10.1. The maximum absolute atomic E-state index is 12.4. The molecular formula is C13H15NO3S. The number of nitrogens with zero attached hydrogens (tertiary/aromatic N) is 1. The molecule has 1 aromatic carbocycles. The number of benzene rings is 1. The SMILES string of the molecule is O=C(C1CCS(=O)(=O)C1)N1CCc2ccccc21. The number of carbonyl (C=O) groups is 1. The van der Waals surface area contributed by atoms with Crippen molar-refractivity contribution in [3.05, 3.63) is 29.8 Å². The highest BCUT2D eigenvalue weighted by Crippen LogP contribution is 2.31. The van der Waals surface area contributed by atoms with Gasteiger partial charge in [-0.05, 0) is 24.5 Å². The zero-order chi connectivity index (χ0) is 12.8. The molecule has 2 aliphatic rings. The molecule has 1 saturated heterocycles. The van der Waals surface area contributed by atoms with Crippen molar-refractivity contribution in [2.24, 2.45) is 5.92 Å². The van der Waals surface area contributed by atoms with E-state index in [-0.39, 0.29) is 23.3 Å². The van der Waals surface area contributed by atoms with Gasteiger partial charge in [-0.15, -0.1) is 0 Å². The van der Waals surface area contributed by atoms with Gasteiger partial charge < -0.3 is 4.90 Å². The van der Waals surface area contributed by atoms with E-state index < -0.39 is 9.84 Å². The van der Waals surface area contributed by atoms with Crippen LogP contribution in [-0.2, 0) is 21.1 Å². The summed E-state index contributed by atoms with van der Waals surface area (Å²) in [4.78, 5) is 14.1. The van der Waals surface area contributed by atoms with Crippen molar-refractivity contribution in [2.45, 2.75) is 12.8 Å². The van der Waals surface area contributed by atoms with Gasteiger partial charge in [-0.2, -0.15) is 0 Å². The minimum Gasteiger partial charge on any atom is -0.312 e. The number of amides is 1. The lowest BCUT2D eigenvalue weighted by molar-refractivity contribution is -0.121. The molecule has 5 heteroatoms. The Kier molecular flexibility index (Phi) is 2.66. The van der Waals surface area contributed by atoms with Crippen LogP contribution in [0.3, 0.4) is 0 Å². The van der Waals surface area contributed by atoms with Gasteiger partial charge in [0.1, 0.15) is 0 Å². The summed E-state index contributed by atoms with van der Waals surface area (Å²) in [5.41, 5.74) is 2.12. The fraction of sp³-hybridized carbons (Fsp3) is 0.462. The molecule has 2 aliphatic heterocycles. The number of sulfone groups is 1. The van der Waals surface area contributed by atoms with Crippen LogP contribution < -0.4 is 4.90 Å². The van der Waals surface area contributed by atoms with Crippen molar-refractivity contribution in [2.75, 3.05) is 23.0 Å². The minimum absolute atomic E-state index is 0.0184. The molecule has 4 nitrogen and oxygen atoms in total. The smallest absolute Gasteiger partial charge is 0.231 e. The van der Waals surface area contributed by atoms with Gasteiger partial charge in [0.2, 0.25) is 5.91 Å². The fourth-order valence-electron chi connectivity index (χ4n) is 2.78. The highest BCUT2D eigenvalue weighted by molar-refractivity contribution is 7.91. The summed E-state index contributed by atoms with van der Waals surface area (Å²) in [5.74, 6) is -0.203. The Hall–Kier alpha value is -1.36. The van der Waals surface area contributed by atoms with Gasteiger partial charge in [0.05, 0.1) is 17.4 Å². The summed E-state index contributed by atoms with van der Waals surface area (Å²) in [6.45, 7) is 0.675. The Bertz CT molecular complexity index is 594. The van der Waals surface area contributed by atoms with Gasteiger partial charge >= 0.3 is 0 Å². The molecule has 1 atom stereocenters. The van der Waals surface area contributed by atoms with E-state index in [4.69, 9.17) is 0 Å². The maximum atomic E-state index is 12.4. The number of carbonyl (C=O) groups excluding carboxylic acids is 1. The van der Waals surface area contributed by atoms with Crippen LogP contribution in [0, 0.1) is 5.92 Å². The molecule has 0 spiro atoms. The van der Waals surface area contributed by atoms with Crippen molar-refractivity contribution in [1.29, 1.82) is 0 Å². The Balaban J connectivity index is 1.83. The van der Waals surface area contributed by atoms with Crippen molar-refractivity contribution in [1.82, 2.24) is 0 Å². The van der Waals surface area contributed by atoms with Crippen molar-refractivity contribution in [3.8, 4) is 0 Å². The maximum Gasteiger partial charge on any atom is 0.231 e. The molecule has 0 bridgehead atoms. The van der Waals surface area contributed by atoms with Crippen LogP contribution >= 0.6 is 0 Å². The molecule has 1 aromatic rings. The predicted octanol–water partition coefficient (Wildman–Crippen LogP) is 1.01. The molecule has 1 fully saturated rings. The van der Waals surface area contributed by atoms with E-state index in [0.29, 0.717) is 13.0 Å². The quantitative estimate of drug-likeness (QED) is 0.761. The molecule has 0 N–H and O–H groups in total. The molecule has 0 aromatic heterocycles. The highest BCUT2D eigenvalue weighted by Gasteiger charge is 2.37. The zero-order valence-electron chi connectivity index (χ0n) is 10.0. The fourth-order valence-corrected chi connectivity index (χ4v) is 4.51. The first-order valence-corrected chi connectivity index (χ1v) is 7.99. The summed E-state index contributed by atoms with van der Waals surface area (Å²) in [6.07, 6.45) is 1.33. The van der Waals surface area contributed by atoms with Gasteiger partial charge in [-0.3, -0.25) is 4.79 Å². The molecule has 1 unspecified atom stereocenters. The van der Waals surface area contributed by atoms with E-state index in [1.54, 1.807) is 4.90 Å². The van der Waals surface area contributed by atoms with Crippen molar-refractivity contribution >= 4 is 21.4 Å². The molecule has 1 amide bonds. The predicted molar refractivity (Wildman–Crippen MR) is 69.3 cm³/mol. The van der Waals surface area contributed by atoms with Crippen LogP contribution in [0.15, 0.2) is 24.3 Å². The summed E-state index contributed by atoms with van der Waals surface area (Å²) in [5, 5.41) is 0. The van der Waals surface area contributed by atoms with E-state index in [1.807, 2.05) is 24.3 Å². The van der Waals surface area contributed by atoms with Gasteiger partial charge in [-0.25, -0.2) is 8.42 Å². The third-order valence-electron chi connectivity index (χ3n) is 3.73. The number of fused-ring (bicyclic) bond motifs is 1. The Labute approximate surface area is 107 Å². The standard InChI is InChI=1S/C13H15NO3S/c15-13(11-6-8-18(16,17)9-11)14-7-5-10-3-1-2-4-12(10)14/h1-4,11H,5-9H2. The molecule has 0 aliphatic carbocycles. The molecule has 0 saturated carbocycles. The van der Waals surface area contributed by atoms with E-state index >= 15 is 0 Å². The Morgan fingerprint density at radius 3 is 2.78 bits per heavy atom. The van der Waals surface area contributed by atoms with Crippen LogP contribution in [-0.4, -0.2) is 32.4 Å². The molecule has 0 radical (unpaired) electrons. The third kappa shape index (κ3) is 1.92. The van der Waals surface area contributed by atoms with E-state index in [2.05, 4.69) is 0 Å². The molecular weight excluding hydrogens is 250 g/mol. The normalized spacial score (nSPS) is 25.1. The van der Waals surface area contributed by atoms with Gasteiger partial charge in [0, 0.05) is 12.2 Å². The van der Waals surface area contributed by atoms with Gasteiger partial charge in [0.15, 0.2) is 9.84 Å².